The number of amides is 1. The first-order valence-electron chi connectivity index (χ1n) is 8.14. The number of carbonyl (C=O) groups is 1. The highest BCUT2D eigenvalue weighted by atomic mass is 16.5. The normalized spacial score (nSPS) is 18.8. The van der Waals surface area contributed by atoms with Crippen LogP contribution in [0.1, 0.15) is 43.4 Å². The maximum absolute atomic E-state index is 11.5. The summed E-state index contributed by atoms with van der Waals surface area (Å²) < 4.78 is 4.84. The highest BCUT2D eigenvalue weighted by Crippen LogP contribution is 2.41. The number of rotatable bonds is 4. The maximum Gasteiger partial charge on any atom is 0.411 e. The van der Waals surface area contributed by atoms with Crippen molar-refractivity contribution in [3.8, 4) is 0 Å². The molecule has 1 aromatic heterocycles. The molecule has 6 heteroatoms. The largest absolute Gasteiger partial charge is 0.450 e. The number of nitrogens with zero attached hydrogens (tertiary/aromatic N) is 1. The zero-order valence-corrected chi connectivity index (χ0v) is 13.9. The zero-order chi connectivity index (χ0) is 17.1. The first-order chi connectivity index (χ1) is 11.6. The Labute approximate surface area is 141 Å². The van der Waals surface area contributed by atoms with E-state index in [1.807, 2.05) is 6.07 Å². The number of carbonyl (C=O) groups excluding carboxylic acids is 1. The smallest absolute Gasteiger partial charge is 0.411 e. The summed E-state index contributed by atoms with van der Waals surface area (Å²) in [6.45, 7) is 4.28. The van der Waals surface area contributed by atoms with Crippen molar-refractivity contribution in [3.63, 3.8) is 0 Å². The van der Waals surface area contributed by atoms with Crippen molar-refractivity contribution in [2.24, 2.45) is 0 Å². The number of nitrogen functional groups attached to an aromatic ring is 1. The summed E-state index contributed by atoms with van der Waals surface area (Å²) in [6, 6.07) is 12.2. The number of nitrogens with one attached hydrogen (secondary N) is 2. The number of hydrogen-bond acceptors (Lipinski definition) is 5. The molecule has 1 aliphatic rings. The molecule has 1 aromatic carbocycles. The van der Waals surface area contributed by atoms with Gasteiger partial charge in [0.25, 0.3) is 0 Å². The van der Waals surface area contributed by atoms with Gasteiger partial charge in [0.1, 0.15) is 11.6 Å². The van der Waals surface area contributed by atoms with Gasteiger partial charge in [-0.2, -0.15) is 0 Å². The van der Waals surface area contributed by atoms with Crippen molar-refractivity contribution in [1.29, 1.82) is 0 Å². The van der Waals surface area contributed by atoms with E-state index in [0.717, 1.165) is 6.42 Å². The lowest BCUT2D eigenvalue weighted by atomic mass is 10.0. The minimum Gasteiger partial charge on any atom is -0.450 e. The van der Waals surface area contributed by atoms with Crippen molar-refractivity contribution >= 4 is 23.4 Å². The third-order valence-electron chi connectivity index (χ3n) is 4.25. The monoisotopic (exact) mass is 326 g/mol. The molecule has 2 unspecified atom stereocenters. The molecule has 1 amide bonds. The van der Waals surface area contributed by atoms with E-state index >= 15 is 0 Å². The van der Waals surface area contributed by atoms with E-state index in [2.05, 4.69) is 46.8 Å². The van der Waals surface area contributed by atoms with Crippen molar-refractivity contribution in [1.82, 2.24) is 4.98 Å². The predicted octanol–water partition coefficient (Wildman–Crippen LogP) is 3.89. The molecule has 1 heterocycles. The van der Waals surface area contributed by atoms with Gasteiger partial charge in [0, 0.05) is 0 Å². The van der Waals surface area contributed by atoms with Gasteiger partial charge < -0.3 is 15.8 Å². The van der Waals surface area contributed by atoms with Crippen molar-refractivity contribution < 1.29 is 9.53 Å². The summed E-state index contributed by atoms with van der Waals surface area (Å²) in [5, 5.41) is 6.02. The van der Waals surface area contributed by atoms with E-state index in [4.69, 9.17) is 10.5 Å². The van der Waals surface area contributed by atoms with Crippen LogP contribution in [-0.2, 0) is 4.74 Å². The molecule has 2 atom stereocenters. The van der Waals surface area contributed by atoms with Crippen molar-refractivity contribution in [2.45, 2.75) is 32.2 Å². The van der Waals surface area contributed by atoms with Gasteiger partial charge in [-0.25, -0.2) is 9.78 Å². The van der Waals surface area contributed by atoms with Crippen LogP contribution in [0.25, 0.3) is 0 Å². The molecule has 0 aliphatic heterocycles. The van der Waals surface area contributed by atoms with Crippen LogP contribution in [-0.4, -0.2) is 17.7 Å². The molecule has 24 heavy (non-hydrogen) atoms. The van der Waals surface area contributed by atoms with Crippen LogP contribution in [0.2, 0.25) is 0 Å². The van der Waals surface area contributed by atoms with Crippen LogP contribution in [0.5, 0.6) is 0 Å². The first kappa shape index (κ1) is 16.1. The summed E-state index contributed by atoms with van der Waals surface area (Å²) in [5.74, 6) is 1.46. The molecule has 0 saturated carbocycles. The summed E-state index contributed by atoms with van der Waals surface area (Å²) >= 11 is 0. The fourth-order valence-electron chi connectivity index (χ4n) is 3.14. The van der Waals surface area contributed by atoms with Crippen LogP contribution in [0.3, 0.4) is 0 Å². The highest BCUT2D eigenvalue weighted by Gasteiger charge is 2.27. The van der Waals surface area contributed by atoms with Crippen LogP contribution < -0.4 is 16.4 Å². The minimum absolute atomic E-state index is 0.215. The van der Waals surface area contributed by atoms with Crippen molar-refractivity contribution in [2.75, 3.05) is 23.0 Å². The molecule has 2 aromatic rings. The molecule has 4 N–H and O–H groups in total. The topological polar surface area (TPSA) is 89.3 Å². The van der Waals surface area contributed by atoms with Crippen LogP contribution >= 0.6 is 0 Å². The summed E-state index contributed by atoms with van der Waals surface area (Å²) in [4.78, 5) is 15.8. The predicted molar refractivity (Wildman–Crippen MR) is 95.1 cm³/mol. The van der Waals surface area contributed by atoms with Gasteiger partial charge >= 0.3 is 6.09 Å². The Hall–Kier alpha value is -2.76. The minimum atomic E-state index is -0.537. The van der Waals surface area contributed by atoms with Gasteiger partial charge in [-0.3, -0.25) is 5.32 Å². The molecule has 0 spiro atoms. The lowest BCUT2D eigenvalue weighted by Crippen LogP contribution is -2.15. The number of hydrogen-bond donors (Lipinski definition) is 3. The summed E-state index contributed by atoms with van der Waals surface area (Å²) in [5.41, 5.74) is 9.07. The second-order valence-corrected chi connectivity index (χ2v) is 5.94. The Morgan fingerprint density at radius 2 is 2.04 bits per heavy atom. The fourth-order valence-corrected chi connectivity index (χ4v) is 3.14. The van der Waals surface area contributed by atoms with Gasteiger partial charge in [0.2, 0.25) is 0 Å². The average molecular weight is 326 g/mol. The summed E-state index contributed by atoms with van der Waals surface area (Å²) in [7, 11) is 0. The van der Waals surface area contributed by atoms with E-state index in [1.54, 1.807) is 13.0 Å². The fraction of sp³-hybridized carbons (Fsp3) is 0.333. The Kier molecular flexibility index (Phi) is 4.55. The number of anilines is 3. The maximum atomic E-state index is 11.5. The molecular formula is C18H22N4O2. The SMILES string of the molecule is CCOC(=O)Nc1ccc(NC2CC(C)c3ccccc32)nc1N. The third-order valence-corrected chi connectivity index (χ3v) is 4.25. The zero-order valence-electron chi connectivity index (χ0n) is 13.9. The second-order valence-electron chi connectivity index (χ2n) is 5.94. The number of benzene rings is 1. The number of ether oxygens (including phenoxy) is 1. The molecule has 3 rings (SSSR count). The molecule has 1 aliphatic carbocycles. The molecule has 6 nitrogen and oxygen atoms in total. The van der Waals surface area contributed by atoms with Gasteiger partial charge in [0.05, 0.1) is 18.3 Å². The lowest BCUT2D eigenvalue weighted by Gasteiger charge is -2.16. The van der Waals surface area contributed by atoms with E-state index in [0.29, 0.717) is 24.0 Å². The Balaban J connectivity index is 1.73. The van der Waals surface area contributed by atoms with Crippen molar-refractivity contribution in [3.05, 3.63) is 47.5 Å². The Morgan fingerprint density at radius 1 is 1.29 bits per heavy atom. The Morgan fingerprint density at radius 3 is 2.75 bits per heavy atom. The molecular weight excluding hydrogens is 304 g/mol. The third kappa shape index (κ3) is 3.27. The molecule has 126 valence electrons. The van der Waals surface area contributed by atoms with Crippen LogP contribution in [0, 0.1) is 0 Å². The second kappa shape index (κ2) is 6.78. The van der Waals surface area contributed by atoms with E-state index in [9.17, 15) is 4.79 Å². The number of aromatic nitrogens is 1. The number of pyridine rings is 1. The molecule has 0 bridgehead atoms. The van der Waals surface area contributed by atoms with Gasteiger partial charge in [-0.1, -0.05) is 31.2 Å². The van der Waals surface area contributed by atoms with Gasteiger partial charge in [0.15, 0.2) is 0 Å². The van der Waals surface area contributed by atoms with E-state index in [1.165, 1.54) is 11.1 Å². The molecule has 0 saturated heterocycles. The highest BCUT2D eigenvalue weighted by molar-refractivity contribution is 5.88. The van der Waals surface area contributed by atoms with E-state index in [-0.39, 0.29) is 11.9 Å². The number of fused-ring (bicyclic) bond motifs is 1. The van der Waals surface area contributed by atoms with Gasteiger partial charge in [-0.15, -0.1) is 0 Å². The summed E-state index contributed by atoms with van der Waals surface area (Å²) in [6.07, 6.45) is 0.481. The first-order valence-corrected chi connectivity index (χ1v) is 8.14. The number of nitrogens with two attached hydrogens (primary N) is 1. The van der Waals surface area contributed by atoms with Crippen LogP contribution in [0.4, 0.5) is 22.1 Å². The van der Waals surface area contributed by atoms with Crippen LogP contribution in [0.15, 0.2) is 36.4 Å². The lowest BCUT2D eigenvalue weighted by molar-refractivity contribution is 0.168. The molecule has 0 radical (unpaired) electrons. The average Bonchev–Trinajstić information content (AvgIpc) is 2.87. The quantitative estimate of drug-likeness (QED) is 0.793. The molecule has 0 fully saturated rings. The Bertz CT molecular complexity index is 748. The van der Waals surface area contributed by atoms with Gasteiger partial charge in [-0.05, 0) is 42.5 Å². The van der Waals surface area contributed by atoms with E-state index < -0.39 is 6.09 Å². The standard InChI is InChI=1S/C18H22N4O2/c1-3-24-18(23)21-14-8-9-16(22-17(14)19)20-15-10-11(2)12-6-4-5-7-13(12)15/h4-9,11,15H,3,10H2,1-2H3,(H,21,23)(H3,19,20,22).